The fourth-order valence-electron chi connectivity index (χ4n) is 4.85. The number of anilines is 1. The molecule has 1 aliphatic carbocycles. The standard InChI is InChI=1S/C20H27N2OP/c1-5-24(11-6-7-12-24)20(9-8-10-20)19(23)22-18-15(2)13-17(21-4)14-16(18)3/h13-14H,5-12H2,1-3H3/p+1. The monoisotopic (exact) mass is 343 g/mol. The van der Waals surface area contributed by atoms with Crippen LogP contribution < -0.4 is 5.32 Å². The summed E-state index contributed by atoms with van der Waals surface area (Å²) in [5.41, 5.74) is 3.57. The molecular weight excluding hydrogens is 315 g/mol. The first-order chi connectivity index (χ1) is 11.5. The van der Waals surface area contributed by atoms with Crippen LogP contribution in [-0.2, 0) is 4.79 Å². The lowest BCUT2D eigenvalue weighted by Gasteiger charge is -2.47. The van der Waals surface area contributed by atoms with Crippen LogP contribution in [-0.4, -0.2) is 29.5 Å². The second-order valence-electron chi connectivity index (χ2n) is 7.52. The van der Waals surface area contributed by atoms with Crippen molar-refractivity contribution in [2.24, 2.45) is 0 Å². The second kappa shape index (κ2) is 6.49. The highest BCUT2D eigenvalue weighted by Gasteiger charge is 2.65. The van der Waals surface area contributed by atoms with Gasteiger partial charge in [-0.15, -0.1) is 0 Å². The average Bonchev–Trinajstić information content (AvgIpc) is 2.99. The first kappa shape index (κ1) is 17.4. The van der Waals surface area contributed by atoms with Gasteiger partial charge in [0.05, 0.1) is 25.1 Å². The Labute approximate surface area is 146 Å². The number of hydrogen-bond acceptors (Lipinski definition) is 1. The van der Waals surface area contributed by atoms with Crippen LogP contribution in [0.5, 0.6) is 0 Å². The molecule has 1 N–H and O–H groups in total. The van der Waals surface area contributed by atoms with E-state index in [-0.39, 0.29) is 11.1 Å². The molecule has 0 atom stereocenters. The van der Waals surface area contributed by atoms with Crippen LogP contribution in [0.4, 0.5) is 11.4 Å². The molecule has 128 valence electrons. The van der Waals surface area contributed by atoms with Crippen LogP contribution in [0.25, 0.3) is 4.85 Å². The van der Waals surface area contributed by atoms with Gasteiger partial charge in [0, 0.05) is 12.9 Å². The quantitative estimate of drug-likeness (QED) is 0.564. The van der Waals surface area contributed by atoms with E-state index in [1.54, 1.807) is 0 Å². The van der Waals surface area contributed by atoms with Crippen molar-refractivity contribution < 1.29 is 4.79 Å². The minimum absolute atomic E-state index is 0.0599. The van der Waals surface area contributed by atoms with Crippen LogP contribution in [0.15, 0.2) is 12.1 Å². The molecule has 0 radical (unpaired) electrons. The molecule has 0 spiro atoms. The zero-order chi connectivity index (χ0) is 17.4. The zero-order valence-electron chi connectivity index (χ0n) is 15.1. The molecule has 1 aromatic carbocycles. The highest BCUT2D eigenvalue weighted by molar-refractivity contribution is 7.78. The fraction of sp³-hybridized carbons (Fsp3) is 0.600. The summed E-state index contributed by atoms with van der Waals surface area (Å²) in [6.45, 7) is 13.5. The fourth-order valence-corrected chi connectivity index (χ4v) is 10.6. The van der Waals surface area contributed by atoms with E-state index in [2.05, 4.69) is 17.1 Å². The third kappa shape index (κ3) is 2.56. The Hall–Kier alpha value is -1.39. The van der Waals surface area contributed by atoms with Gasteiger partial charge in [-0.2, -0.15) is 0 Å². The Balaban J connectivity index is 1.90. The summed E-state index contributed by atoms with van der Waals surface area (Å²) in [6, 6.07) is 3.76. The smallest absolute Gasteiger partial charge is 0.268 e. The Morgan fingerprint density at radius 2 is 1.79 bits per heavy atom. The van der Waals surface area contributed by atoms with E-state index in [1.807, 2.05) is 26.0 Å². The summed E-state index contributed by atoms with van der Waals surface area (Å²) < 4.78 is 0. The van der Waals surface area contributed by atoms with Crippen molar-refractivity contribution in [2.45, 2.75) is 58.0 Å². The number of aryl methyl sites for hydroxylation is 2. The minimum atomic E-state index is -1.16. The van der Waals surface area contributed by atoms with Gasteiger partial charge in [0.1, 0.15) is 0 Å². The Morgan fingerprint density at radius 1 is 1.21 bits per heavy atom. The van der Waals surface area contributed by atoms with Crippen molar-refractivity contribution in [3.8, 4) is 0 Å². The molecule has 0 aromatic heterocycles. The summed E-state index contributed by atoms with van der Waals surface area (Å²) in [5, 5.41) is 3.23. The van der Waals surface area contributed by atoms with E-state index in [0.29, 0.717) is 5.69 Å². The topological polar surface area (TPSA) is 33.5 Å². The van der Waals surface area contributed by atoms with Crippen LogP contribution >= 0.6 is 7.26 Å². The van der Waals surface area contributed by atoms with Gasteiger partial charge in [0.2, 0.25) is 0 Å². The molecule has 2 aliphatic rings. The van der Waals surface area contributed by atoms with Crippen molar-refractivity contribution in [3.63, 3.8) is 0 Å². The Bertz CT molecular complexity index is 671. The number of carbonyl (C=O) groups is 1. The van der Waals surface area contributed by atoms with Crippen LogP contribution in [0, 0.1) is 20.4 Å². The van der Waals surface area contributed by atoms with Gasteiger partial charge in [-0.1, -0.05) is 12.1 Å². The van der Waals surface area contributed by atoms with E-state index in [1.165, 1.54) is 37.7 Å². The van der Waals surface area contributed by atoms with E-state index in [9.17, 15) is 4.79 Å². The van der Waals surface area contributed by atoms with Crippen LogP contribution in [0.2, 0.25) is 0 Å². The van der Waals surface area contributed by atoms with Crippen molar-refractivity contribution in [2.75, 3.05) is 23.8 Å². The summed E-state index contributed by atoms with van der Waals surface area (Å²) >= 11 is 0. The number of hydrogen-bond donors (Lipinski definition) is 1. The Morgan fingerprint density at radius 3 is 2.21 bits per heavy atom. The molecule has 1 saturated heterocycles. The molecule has 0 bridgehead atoms. The summed E-state index contributed by atoms with van der Waals surface area (Å²) in [7, 11) is -1.16. The van der Waals surface area contributed by atoms with Crippen molar-refractivity contribution >= 4 is 24.5 Å². The largest absolute Gasteiger partial charge is 0.322 e. The van der Waals surface area contributed by atoms with Crippen LogP contribution in [0.3, 0.4) is 0 Å². The molecule has 1 heterocycles. The maximum absolute atomic E-state index is 13.4. The van der Waals surface area contributed by atoms with Gasteiger partial charge in [0.15, 0.2) is 10.8 Å². The Kier molecular flexibility index (Phi) is 4.71. The van der Waals surface area contributed by atoms with Gasteiger partial charge in [-0.05, 0) is 64.0 Å². The molecule has 2 fully saturated rings. The second-order valence-corrected chi connectivity index (χ2v) is 12.2. The first-order valence-corrected chi connectivity index (χ1v) is 11.5. The lowest BCUT2D eigenvalue weighted by Crippen LogP contribution is -2.51. The average molecular weight is 343 g/mol. The van der Waals surface area contributed by atoms with Gasteiger partial charge >= 0.3 is 0 Å². The number of nitrogens with zero attached hydrogens (tertiary/aromatic N) is 1. The number of amides is 1. The first-order valence-electron chi connectivity index (χ1n) is 9.14. The lowest BCUT2D eigenvalue weighted by molar-refractivity contribution is -0.120. The van der Waals surface area contributed by atoms with E-state index in [4.69, 9.17) is 6.57 Å². The molecule has 24 heavy (non-hydrogen) atoms. The summed E-state index contributed by atoms with van der Waals surface area (Å²) in [5.74, 6) is 0.271. The molecule has 1 aliphatic heterocycles. The van der Waals surface area contributed by atoms with Crippen molar-refractivity contribution in [1.29, 1.82) is 0 Å². The van der Waals surface area contributed by atoms with E-state index >= 15 is 0 Å². The highest BCUT2D eigenvalue weighted by Crippen LogP contribution is 2.77. The molecule has 0 unspecified atom stereocenters. The summed E-state index contributed by atoms with van der Waals surface area (Å²) in [4.78, 5) is 16.9. The third-order valence-electron chi connectivity index (χ3n) is 6.42. The zero-order valence-corrected chi connectivity index (χ0v) is 16.0. The summed E-state index contributed by atoms with van der Waals surface area (Å²) in [6.07, 6.45) is 9.83. The lowest BCUT2D eigenvalue weighted by atomic mass is 9.83. The number of rotatable bonds is 4. The van der Waals surface area contributed by atoms with E-state index < -0.39 is 7.26 Å². The van der Waals surface area contributed by atoms with Crippen molar-refractivity contribution in [3.05, 3.63) is 34.7 Å². The number of benzene rings is 1. The number of nitrogens with one attached hydrogen (secondary N) is 1. The molecule has 1 aromatic rings. The maximum atomic E-state index is 13.4. The van der Waals surface area contributed by atoms with Gasteiger partial charge < -0.3 is 5.32 Å². The third-order valence-corrected chi connectivity index (χ3v) is 12.4. The maximum Gasteiger partial charge on any atom is 0.268 e. The molecule has 3 nitrogen and oxygen atoms in total. The molecule has 1 saturated carbocycles. The normalized spacial score (nSPS) is 20.9. The molecular formula is C20H28N2OP+. The predicted molar refractivity (Wildman–Crippen MR) is 104 cm³/mol. The SMILES string of the molecule is [C-]#[N+]c1cc(C)c(NC(=O)C2([P+]3(CC)CCCC3)CCC2)c(C)c1. The minimum Gasteiger partial charge on any atom is -0.322 e. The van der Waals surface area contributed by atoms with Gasteiger partial charge in [-0.25, -0.2) is 4.85 Å². The number of carbonyl (C=O) groups excluding carboxylic acids is 1. The van der Waals surface area contributed by atoms with E-state index in [0.717, 1.165) is 29.7 Å². The van der Waals surface area contributed by atoms with Crippen LogP contribution in [0.1, 0.15) is 50.2 Å². The predicted octanol–water partition coefficient (Wildman–Crippen LogP) is 5.55. The molecule has 4 heteroatoms. The highest BCUT2D eigenvalue weighted by atomic mass is 31.2. The van der Waals surface area contributed by atoms with Gasteiger partial charge in [-0.3, -0.25) is 4.79 Å². The molecule has 1 amide bonds. The van der Waals surface area contributed by atoms with Crippen molar-refractivity contribution in [1.82, 2.24) is 0 Å². The van der Waals surface area contributed by atoms with Gasteiger partial charge in [0.25, 0.3) is 5.91 Å². The molecule has 3 rings (SSSR count).